The Labute approximate surface area is 93.9 Å². The predicted octanol–water partition coefficient (Wildman–Crippen LogP) is 1.46. The van der Waals surface area contributed by atoms with Crippen LogP contribution in [0, 0.1) is 0 Å². The molecule has 0 amide bonds. The summed E-state index contributed by atoms with van der Waals surface area (Å²) in [5, 5.41) is 4.20. The van der Waals surface area contributed by atoms with Gasteiger partial charge in [0.25, 0.3) is 0 Å². The highest BCUT2D eigenvalue weighted by Gasteiger charge is 2.06. The summed E-state index contributed by atoms with van der Waals surface area (Å²) in [7, 11) is 1.76. The van der Waals surface area contributed by atoms with E-state index >= 15 is 0 Å². The van der Waals surface area contributed by atoms with Gasteiger partial charge in [-0.3, -0.25) is 0 Å². The summed E-state index contributed by atoms with van der Waals surface area (Å²) >= 11 is 0. The molecule has 2 rings (SSSR count). The molecule has 16 heavy (non-hydrogen) atoms. The van der Waals surface area contributed by atoms with Gasteiger partial charge in [-0.2, -0.15) is 4.98 Å². The summed E-state index contributed by atoms with van der Waals surface area (Å²) in [6, 6.07) is 7.62. The highest BCUT2D eigenvalue weighted by Crippen LogP contribution is 2.20. The van der Waals surface area contributed by atoms with E-state index in [1.54, 1.807) is 11.7 Å². The van der Waals surface area contributed by atoms with E-state index in [2.05, 4.69) is 10.1 Å². The molecule has 0 aliphatic rings. The van der Waals surface area contributed by atoms with Gasteiger partial charge in [0.15, 0.2) is 5.82 Å². The molecule has 0 saturated carbocycles. The number of anilines is 1. The minimum absolute atomic E-state index is 0.406. The van der Waals surface area contributed by atoms with Gasteiger partial charge in [0.05, 0.1) is 6.61 Å². The maximum atomic E-state index is 5.62. The third-order valence-electron chi connectivity index (χ3n) is 2.22. The molecule has 1 heterocycles. The average Bonchev–Trinajstić information content (AvgIpc) is 2.61. The second-order valence-electron chi connectivity index (χ2n) is 3.37. The van der Waals surface area contributed by atoms with Crippen LogP contribution in [0.15, 0.2) is 24.3 Å². The fourth-order valence-corrected chi connectivity index (χ4v) is 1.39. The second kappa shape index (κ2) is 4.22. The molecule has 0 aliphatic carbocycles. The molecule has 5 heteroatoms. The predicted molar refractivity (Wildman–Crippen MR) is 62.0 cm³/mol. The molecule has 0 saturated heterocycles. The van der Waals surface area contributed by atoms with Crippen molar-refractivity contribution < 1.29 is 4.74 Å². The van der Waals surface area contributed by atoms with Crippen molar-refractivity contribution in [2.75, 3.05) is 12.3 Å². The van der Waals surface area contributed by atoms with Gasteiger partial charge in [-0.05, 0) is 31.2 Å². The highest BCUT2D eigenvalue weighted by atomic mass is 16.5. The van der Waals surface area contributed by atoms with Crippen LogP contribution in [0.3, 0.4) is 0 Å². The van der Waals surface area contributed by atoms with Crippen molar-refractivity contribution in [1.29, 1.82) is 0 Å². The zero-order valence-corrected chi connectivity index (χ0v) is 9.34. The van der Waals surface area contributed by atoms with Gasteiger partial charge >= 0.3 is 0 Å². The summed E-state index contributed by atoms with van der Waals surface area (Å²) in [5.41, 5.74) is 6.55. The molecular weight excluding hydrogens is 204 g/mol. The first-order chi connectivity index (χ1) is 7.70. The van der Waals surface area contributed by atoms with E-state index in [0.29, 0.717) is 18.4 Å². The van der Waals surface area contributed by atoms with Gasteiger partial charge in [-0.1, -0.05) is 0 Å². The Morgan fingerprint density at radius 1 is 1.31 bits per heavy atom. The van der Waals surface area contributed by atoms with E-state index in [-0.39, 0.29) is 0 Å². The Morgan fingerprint density at radius 2 is 2.00 bits per heavy atom. The minimum atomic E-state index is 0.406. The van der Waals surface area contributed by atoms with Crippen LogP contribution in [0.1, 0.15) is 6.92 Å². The molecule has 0 radical (unpaired) electrons. The average molecular weight is 218 g/mol. The summed E-state index contributed by atoms with van der Waals surface area (Å²) in [4.78, 5) is 4.14. The standard InChI is InChI=1S/C11H14N4O/c1-3-16-9-6-4-8(5-7-9)10-13-11(12)15(2)14-10/h4-7H,3H2,1-2H3,(H2,12,13,14). The van der Waals surface area contributed by atoms with E-state index in [0.717, 1.165) is 11.3 Å². The molecule has 2 N–H and O–H groups in total. The fourth-order valence-electron chi connectivity index (χ4n) is 1.39. The topological polar surface area (TPSA) is 66.0 Å². The Bertz CT molecular complexity index is 456. The first-order valence-corrected chi connectivity index (χ1v) is 5.10. The largest absolute Gasteiger partial charge is 0.494 e. The number of nitrogens with two attached hydrogens (primary N) is 1. The molecule has 0 atom stereocenters. The van der Waals surface area contributed by atoms with E-state index in [9.17, 15) is 0 Å². The van der Waals surface area contributed by atoms with Crippen LogP contribution in [-0.4, -0.2) is 21.4 Å². The summed E-state index contributed by atoms with van der Waals surface area (Å²) < 4.78 is 6.90. The quantitative estimate of drug-likeness (QED) is 0.847. The van der Waals surface area contributed by atoms with Gasteiger partial charge in [0, 0.05) is 12.6 Å². The molecule has 1 aromatic carbocycles. The lowest BCUT2D eigenvalue weighted by molar-refractivity contribution is 0.340. The molecule has 0 bridgehead atoms. The van der Waals surface area contributed by atoms with Crippen LogP contribution >= 0.6 is 0 Å². The Kier molecular flexibility index (Phi) is 2.76. The van der Waals surface area contributed by atoms with Crippen molar-refractivity contribution in [3.63, 3.8) is 0 Å². The Balaban J connectivity index is 2.27. The van der Waals surface area contributed by atoms with Crippen LogP contribution in [0.25, 0.3) is 11.4 Å². The second-order valence-corrected chi connectivity index (χ2v) is 3.37. The summed E-state index contributed by atoms with van der Waals surface area (Å²) in [6.07, 6.45) is 0. The van der Waals surface area contributed by atoms with E-state index in [1.165, 1.54) is 0 Å². The maximum absolute atomic E-state index is 5.62. The maximum Gasteiger partial charge on any atom is 0.218 e. The van der Waals surface area contributed by atoms with E-state index in [1.807, 2.05) is 31.2 Å². The molecule has 0 spiro atoms. The number of hydrogen-bond donors (Lipinski definition) is 1. The van der Waals surface area contributed by atoms with Crippen LogP contribution in [-0.2, 0) is 7.05 Å². The van der Waals surface area contributed by atoms with Crippen molar-refractivity contribution in [3.05, 3.63) is 24.3 Å². The van der Waals surface area contributed by atoms with Crippen LogP contribution < -0.4 is 10.5 Å². The van der Waals surface area contributed by atoms with E-state index in [4.69, 9.17) is 10.5 Å². The monoisotopic (exact) mass is 218 g/mol. The number of ether oxygens (including phenoxy) is 1. The first-order valence-electron chi connectivity index (χ1n) is 5.10. The molecule has 5 nitrogen and oxygen atoms in total. The molecule has 0 fully saturated rings. The van der Waals surface area contributed by atoms with Crippen molar-refractivity contribution in [2.45, 2.75) is 6.92 Å². The number of aryl methyl sites for hydroxylation is 1. The van der Waals surface area contributed by atoms with Crippen molar-refractivity contribution in [3.8, 4) is 17.1 Å². The number of aromatic nitrogens is 3. The zero-order valence-electron chi connectivity index (χ0n) is 9.34. The Morgan fingerprint density at radius 3 is 2.50 bits per heavy atom. The van der Waals surface area contributed by atoms with Gasteiger partial charge in [-0.15, -0.1) is 5.10 Å². The van der Waals surface area contributed by atoms with Gasteiger partial charge < -0.3 is 10.5 Å². The molecule has 1 aromatic heterocycles. The third-order valence-corrected chi connectivity index (χ3v) is 2.22. The number of hydrogen-bond acceptors (Lipinski definition) is 4. The molecule has 84 valence electrons. The van der Waals surface area contributed by atoms with Crippen molar-refractivity contribution in [1.82, 2.24) is 14.8 Å². The smallest absolute Gasteiger partial charge is 0.218 e. The van der Waals surface area contributed by atoms with Crippen LogP contribution in [0.5, 0.6) is 5.75 Å². The summed E-state index contributed by atoms with van der Waals surface area (Å²) in [5.74, 6) is 1.88. The lowest BCUT2D eigenvalue weighted by Gasteiger charge is -2.02. The lowest BCUT2D eigenvalue weighted by atomic mass is 10.2. The van der Waals surface area contributed by atoms with Crippen LogP contribution in [0.2, 0.25) is 0 Å². The molecular formula is C11H14N4O. The SMILES string of the molecule is CCOc1ccc(-c2nc(N)n(C)n2)cc1. The van der Waals surface area contributed by atoms with Crippen LogP contribution in [0.4, 0.5) is 5.95 Å². The third kappa shape index (κ3) is 1.98. The molecule has 2 aromatic rings. The van der Waals surface area contributed by atoms with Gasteiger partial charge in [0.2, 0.25) is 5.95 Å². The van der Waals surface area contributed by atoms with Gasteiger partial charge in [-0.25, -0.2) is 4.68 Å². The highest BCUT2D eigenvalue weighted by molar-refractivity contribution is 5.57. The molecule has 0 unspecified atom stereocenters. The number of benzene rings is 1. The number of nitrogens with zero attached hydrogens (tertiary/aromatic N) is 3. The van der Waals surface area contributed by atoms with Crippen molar-refractivity contribution >= 4 is 5.95 Å². The summed E-state index contributed by atoms with van der Waals surface area (Å²) in [6.45, 7) is 2.61. The Hall–Kier alpha value is -2.04. The number of nitrogen functional groups attached to an aromatic ring is 1. The minimum Gasteiger partial charge on any atom is -0.494 e. The van der Waals surface area contributed by atoms with E-state index < -0.39 is 0 Å². The first kappa shape index (κ1) is 10.5. The molecule has 0 aliphatic heterocycles. The van der Waals surface area contributed by atoms with Crippen molar-refractivity contribution in [2.24, 2.45) is 7.05 Å². The zero-order chi connectivity index (χ0) is 11.5. The van der Waals surface area contributed by atoms with Gasteiger partial charge in [0.1, 0.15) is 5.75 Å². The number of rotatable bonds is 3. The lowest BCUT2D eigenvalue weighted by Crippen LogP contribution is -1.97. The fraction of sp³-hybridized carbons (Fsp3) is 0.273. The normalized spacial score (nSPS) is 10.4.